The van der Waals surface area contributed by atoms with Crippen molar-refractivity contribution in [3.8, 4) is 0 Å². The summed E-state index contributed by atoms with van der Waals surface area (Å²) in [7, 11) is -3.64. The van der Waals surface area contributed by atoms with Gasteiger partial charge in [0.1, 0.15) is 0 Å². The lowest BCUT2D eigenvalue weighted by Gasteiger charge is -2.06. The zero-order valence-corrected chi connectivity index (χ0v) is 9.09. The van der Waals surface area contributed by atoms with Crippen molar-refractivity contribution >= 4 is 16.1 Å². The van der Waals surface area contributed by atoms with Crippen molar-refractivity contribution in [2.75, 3.05) is 0 Å². The van der Waals surface area contributed by atoms with Crippen molar-refractivity contribution in [3.63, 3.8) is 0 Å². The number of amides is 1. The maximum Gasteiger partial charge on any atom is 0.301 e. The second-order valence-corrected chi connectivity index (χ2v) is 5.55. The highest BCUT2D eigenvalue weighted by Crippen LogP contribution is 2.39. The minimum Gasteiger partial charge on any atom is -0.274 e. The van der Waals surface area contributed by atoms with Gasteiger partial charge < -0.3 is 0 Å². The Bertz CT molecular complexity index is 386. The van der Waals surface area contributed by atoms with E-state index in [0.717, 1.165) is 12.8 Å². The van der Waals surface area contributed by atoms with Gasteiger partial charge in [-0.25, -0.2) is 4.72 Å². The molecular weight excluding hydrogens is 216 g/mol. The molecule has 15 heavy (non-hydrogen) atoms. The molecule has 0 radical (unpaired) electrons. The van der Waals surface area contributed by atoms with Crippen LogP contribution in [0.15, 0.2) is 12.7 Å². The molecule has 0 aromatic rings. The van der Waals surface area contributed by atoms with Crippen LogP contribution >= 0.6 is 0 Å². The molecule has 2 rings (SSSR count). The van der Waals surface area contributed by atoms with E-state index in [1.54, 1.807) is 6.08 Å². The van der Waals surface area contributed by atoms with Gasteiger partial charge in [0.2, 0.25) is 5.91 Å². The lowest BCUT2D eigenvalue weighted by Crippen LogP contribution is -2.42. The fourth-order valence-corrected chi connectivity index (χ4v) is 2.58. The van der Waals surface area contributed by atoms with Gasteiger partial charge in [-0.05, 0) is 25.2 Å². The van der Waals surface area contributed by atoms with E-state index < -0.39 is 16.1 Å². The molecule has 0 aromatic carbocycles. The van der Waals surface area contributed by atoms with Crippen LogP contribution in [0.2, 0.25) is 0 Å². The van der Waals surface area contributed by atoms with E-state index in [1.807, 2.05) is 4.72 Å². The predicted molar refractivity (Wildman–Crippen MR) is 55.0 cm³/mol. The zero-order chi connectivity index (χ0) is 11.1. The van der Waals surface area contributed by atoms with E-state index in [4.69, 9.17) is 0 Å². The van der Waals surface area contributed by atoms with Crippen LogP contribution in [-0.2, 0) is 15.0 Å². The Kier molecular flexibility index (Phi) is 2.56. The molecule has 0 bridgehead atoms. The van der Waals surface area contributed by atoms with E-state index in [-0.39, 0.29) is 17.9 Å². The van der Waals surface area contributed by atoms with Crippen LogP contribution in [0.1, 0.15) is 19.3 Å². The van der Waals surface area contributed by atoms with Crippen molar-refractivity contribution in [1.82, 2.24) is 9.44 Å². The van der Waals surface area contributed by atoms with E-state index in [1.165, 1.54) is 0 Å². The summed E-state index contributed by atoms with van der Waals surface area (Å²) in [6.07, 6.45) is 4.10. The quantitative estimate of drug-likeness (QED) is 0.649. The fraction of sp³-hybridized carbons (Fsp3) is 0.667. The number of rotatable bonds is 5. The van der Waals surface area contributed by atoms with Crippen molar-refractivity contribution in [2.24, 2.45) is 11.8 Å². The summed E-state index contributed by atoms with van der Waals surface area (Å²) in [6.45, 7) is 3.57. The Labute approximate surface area is 89.1 Å². The molecule has 0 heterocycles. The first-order valence-corrected chi connectivity index (χ1v) is 6.46. The highest BCUT2D eigenvalue weighted by Gasteiger charge is 2.42. The minimum absolute atomic E-state index is 0.0182. The lowest BCUT2D eigenvalue weighted by atomic mass is 10.3. The summed E-state index contributed by atoms with van der Waals surface area (Å²) in [5.74, 6) is -0.493. The van der Waals surface area contributed by atoms with Crippen molar-refractivity contribution in [1.29, 1.82) is 0 Å². The molecule has 2 aliphatic carbocycles. The first-order chi connectivity index (χ1) is 7.02. The summed E-state index contributed by atoms with van der Waals surface area (Å²) in [4.78, 5) is 11.4. The van der Waals surface area contributed by atoms with Crippen LogP contribution in [0.3, 0.4) is 0 Å². The molecule has 0 spiro atoms. The van der Waals surface area contributed by atoms with Crippen molar-refractivity contribution in [3.05, 3.63) is 12.7 Å². The standard InChI is InChI=1S/C9H14N2O3S/c1-2-6-5-8(6)9(12)11-15(13,14)10-7-3-4-7/h2,6-8,10H,1,3-5H2,(H,11,12)/t6-,8+/m1/s1. The van der Waals surface area contributed by atoms with Crippen LogP contribution in [-0.4, -0.2) is 20.4 Å². The number of carbonyl (C=O) groups excluding carboxylic acids is 1. The number of allylic oxidation sites excluding steroid dienone is 1. The average molecular weight is 230 g/mol. The molecule has 2 atom stereocenters. The molecule has 6 heteroatoms. The van der Waals surface area contributed by atoms with Gasteiger partial charge in [-0.2, -0.15) is 13.1 Å². The topological polar surface area (TPSA) is 75.3 Å². The highest BCUT2D eigenvalue weighted by atomic mass is 32.2. The van der Waals surface area contributed by atoms with Gasteiger partial charge in [0, 0.05) is 12.0 Å². The lowest BCUT2D eigenvalue weighted by molar-refractivity contribution is -0.120. The van der Waals surface area contributed by atoms with Crippen LogP contribution in [0, 0.1) is 11.8 Å². The average Bonchev–Trinajstić information content (AvgIpc) is 2.95. The molecule has 2 aliphatic rings. The van der Waals surface area contributed by atoms with E-state index in [2.05, 4.69) is 11.3 Å². The molecule has 0 saturated heterocycles. The van der Waals surface area contributed by atoms with Crippen molar-refractivity contribution in [2.45, 2.75) is 25.3 Å². The number of nitrogens with one attached hydrogen (secondary N) is 2. The molecule has 0 unspecified atom stereocenters. The summed E-state index contributed by atoms with van der Waals surface area (Å²) >= 11 is 0. The summed E-state index contributed by atoms with van der Waals surface area (Å²) in [5.41, 5.74) is 0. The highest BCUT2D eigenvalue weighted by molar-refractivity contribution is 7.88. The molecule has 2 N–H and O–H groups in total. The van der Waals surface area contributed by atoms with Gasteiger partial charge in [0.05, 0.1) is 0 Å². The number of hydrogen-bond donors (Lipinski definition) is 2. The molecule has 0 aromatic heterocycles. The Morgan fingerprint density at radius 3 is 2.53 bits per heavy atom. The zero-order valence-electron chi connectivity index (χ0n) is 8.27. The van der Waals surface area contributed by atoms with Gasteiger partial charge >= 0.3 is 10.2 Å². The van der Waals surface area contributed by atoms with E-state index >= 15 is 0 Å². The van der Waals surface area contributed by atoms with Crippen LogP contribution in [0.4, 0.5) is 0 Å². The molecular formula is C9H14N2O3S. The van der Waals surface area contributed by atoms with Gasteiger partial charge in [-0.15, -0.1) is 6.58 Å². The minimum atomic E-state index is -3.64. The Balaban J connectivity index is 1.85. The maximum atomic E-state index is 11.4. The van der Waals surface area contributed by atoms with Gasteiger partial charge in [0.25, 0.3) is 0 Å². The molecule has 1 amide bonds. The predicted octanol–water partition coefficient (Wildman–Crippen LogP) is -0.0785. The summed E-state index contributed by atoms with van der Waals surface area (Å²) in [5, 5.41) is 0. The SMILES string of the molecule is C=C[C@@H]1C[C@@H]1C(=O)NS(=O)(=O)NC1CC1. The van der Waals surface area contributed by atoms with Crippen LogP contribution in [0.25, 0.3) is 0 Å². The molecule has 2 fully saturated rings. The largest absolute Gasteiger partial charge is 0.301 e. The fourth-order valence-electron chi connectivity index (χ4n) is 1.43. The molecule has 0 aliphatic heterocycles. The van der Waals surface area contributed by atoms with Crippen molar-refractivity contribution < 1.29 is 13.2 Å². The van der Waals surface area contributed by atoms with Crippen LogP contribution in [0.5, 0.6) is 0 Å². The summed E-state index contributed by atoms with van der Waals surface area (Å²) in [6, 6.07) is 0.0182. The second kappa shape index (κ2) is 3.61. The van der Waals surface area contributed by atoms with E-state index in [0.29, 0.717) is 6.42 Å². The monoisotopic (exact) mass is 230 g/mol. The third-order valence-corrected chi connectivity index (χ3v) is 3.73. The van der Waals surface area contributed by atoms with Gasteiger partial charge in [0.15, 0.2) is 0 Å². The van der Waals surface area contributed by atoms with Gasteiger partial charge in [-0.1, -0.05) is 6.08 Å². The van der Waals surface area contributed by atoms with Crippen LogP contribution < -0.4 is 9.44 Å². The second-order valence-electron chi connectivity index (χ2n) is 4.10. The first-order valence-electron chi connectivity index (χ1n) is 4.98. The number of hydrogen-bond acceptors (Lipinski definition) is 3. The third-order valence-electron chi connectivity index (χ3n) is 2.61. The maximum absolute atomic E-state index is 11.4. The smallest absolute Gasteiger partial charge is 0.274 e. The molecule has 84 valence electrons. The van der Waals surface area contributed by atoms with E-state index in [9.17, 15) is 13.2 Å². The normalized spacial score (nSPS) is 29.6. The Hall–Kier alpha value is -0.880. The van der Waals surface area contributed by atoms with Gasteiger partial charge in [-0.3, -0.25) is 4.79 Å². The molecule has 2 saturated carbocycles. The number of carbonyl (C=O) groups is 1. The summed E-state index contributed by atoms with van der Waals surface area (Å²) < 4.78 is 27.1. The third kappa shape index (κ3) is 2.79. The Morgan fingerprint density at radius 2 is 2.07 bits per heavy atom. The first kappa shape index (κ1) is 10.6. The molecule has 5 nitrogen and oxygen atoms in total. The Morgan fingerprint density at radius 1 is 1.40 bits per heavy atom.